The average molecular weight is 405 g/mol. The van der Waals surface area contributed by atoms with Crippen LogP contribution in [0.5, 0.6) is 11.5 Å². The molecule has 1 aromatic carbocycles. The van der Waals surface area contributed by atoms with Gasteiger partial charge in [-0.25, -0.2) is 0 Å². The van der Waals surface area contributed by atoms with Crippen LogP contribution in [0.2, 0.25) is 0 Å². The van der Waals surface area contributed by atoms with Gasteiger partial charge >= 0.3 is 0 Å². The average Bonchev–Trinajstić information content (AvgIpc) is 3.36. The van der Waals surface area contributed by atoms with E-state index in [1.54, 1.807) is 0 Å². The van der Waals surface area contributed by atoms with Crippen LogP contribution in [0, 0.1) is 0 Å². The lowest BCUT2D eigenvalue weighted by Gasteiger charge is -2.38. The SMILES string of the molecule is CC(c1ccc2c(c1)OCO2)N1CCN(c2nnc(NC(=O)CCO)s2)CC1. The third-order valence-electron chi connectivity index (χ3n) is 5.01. The molecule has 0 bridgehead atoms. The summed E-state index contributed by atoms with van der Waals surface area (Å²) in [7, 11) is 0. The number of piperazine rings is 1. The molecule has 28 heavy (non-hydrogen) atoms. The Labute approximate surface area is 166 Å². The number of aromatic nitrogens is 2. The van der Waals surface area contributed by atoms with Crippen LogP contribution in [0.25, 0.3) is 0 Å². The monoisotopic (exact) mass is 405 g/mol. The zero-order valence-electron chi connectivity index (χ0n) is 15.6. The molecule has 9 nitrogen and oxygen atoms in total. The summed E-state index contributed by atoms with van der Waals surface area (Å²) in [5.41, 5.74) is 1.21. The van der Waals surface area contributed by atoms with Gasteiger partial charge in [0.25, 0.3) is 0 Å². The molecule has 0 aliphatic carbocycles. The Balaban J connectivity index is 1.33. The van der Waals surface area contributed by atoms with E-state index in [9.17, 15) is 4.79 Å². The normalized spacial score (nSPS) is 17.6. The van der Waals surface area contributed by atoms with Crippen molar-refractivity contribution in [3.05, 3.63) is 23.8 Å². The summed E-state index contributed by atoms with van der Waals surface area (Å²) in [5, 5.41) is 20.9. The number of amides is 1. The first-order valence-electron chi connectivity index (χ1n) is 9.27. The number of aliphatic hydroxyl groups excluding tert-OH is 1. The Morgan fingerprint density at radius 3 is 2.82 bits per heavy atom. The second kappa shape index (κ2) is 8.29. The molecular weight excluding hydrogens is 382 g/mol. The lowest BCUT2D eigenvalue weighted by molar-refractivity contribution is -0.116. The molecule has 1 atom stereocenters. The standard InChI is InChI=1S/C18H23N5O4S/c1-12(13-2-3-14-15(10-13)27-11-26-14)22-5-7-23(8-6-22)18-21-20-17(28-18)19-16(25)4-9-24/h2-3,10,12,24H,4-9,11H2,1H3,(H,19,20,25). The number of nitrogens with zero attached hydrogens (tertiary/aromatic N) is 4. The molecular formula is C18H23N5O4S. The van der Waals surface area contributed by atoms with Crippen molar-refractivity contribution in [2.45, 2.75) is 19.4 Å². The largest absolute Gasteiger partial charge is 0.454 e. The fraction of sp³-hybridized carbons (Fsp3) is 0.500. The second-order valence-corrected chi connectivity index (χ2v) is 7.68. The van der Waals surface area contributed by atoms with E-state index in [0.717, 1.165) is 42.8 Å². The van der Waals surface area contributed by atoms with Gasteiger partial charge in [-0.3, -0.25) is 9.69 Å². The molecule has 2 N–H and O–H groups in total. The zero-order chi connectivity index (χ0) is 19.5. The van der Waals surface area contributed by atoms with Crippen molar-refractivity contribution in [2.75, 3.05) is 49.8 Å². The fourth-order valence-electron chi connectivity index (χ4n) is 3.36. The summed E-state index contributed by atoms with van der Waals surface area (Å²) >= 11 is 1.35. The van der Waals surface area contributed by atoms with Gasteiger partial charge in [-0.15, -0.1) is 10.2 Å². The van der Waals surface area contributed by atoms with E-state index in [0.29, 0.717) is 5.13 Å². The van der Waals surface area contributed by atoms with Crippen LogP contribution in [-0.4, -0.2) is 65.7 Å². The van der Waals surface area contributed by atoms with Gasteiger partial charge in [0.05, 0.1) is 13.0 Å². The Kier molecular flexibility index (Phi) is 5.60. The number of rotatable bonds is 6. The van der Waals surface area contributed by atoms with Crippen LogP contribution in [0.15, 0.2) is 18.2 Å². The van der Waals surface area contributed by atoms with Gasteiger partial charge in [0.2, 0.25) is 23.0 Å². The van der Waals surface area contributed by atoms with Gasteiger partial charge in [0, 0.05) is 32.2 Å². The molecule has 1 unspecified atom stereocenters. The van der Waals surface area contributed by atoms with Crippen molar-refractivity contribution in [1.29, 1.82) is 0 Å². The molecule has 0 radical (unpaired) electrons. The summed E-state index contributed by atoms with van der Waals surface area (Å²) in [5.74, 6) is 1.36. The molecule has 1 fully saturated rings. The molecule has 1 aromatic heterocycles. The molecule has 2 aliphatic heterocycles. The van der Waals surface area contributed by atoms with Gasteiger partial charge in [0.15, 0.2) is 11.5 Å². The van der Waals surface area contributed by atoms with E-state index >= 15 is 0 Å². The molecule has 2 aromatic rings. The third kappa shape index (κ3) is 4.03. The van der Waals surface area contributed by atoms with Crippen LogP contribution < -0.4 is 19.7 Å². The van der Waals surface area contributed by atoms with Crippen molar-refractivity contribution >= 4 is 27.5 Å². The van der Waals surface area contributed by atoms with Crippen molar-refractivity contribution in [1.82, 2.24) is 15.1 Å². The highest BCUT2D eigenvalue weighted by atomic mass is 32.1. The van der Waals surface area contributed by atoms with Crippen LogP contribution in [0.3, 0.4) is 0 Å². The van der Waals surface area contributed by atoms with Crippen molar-refractivity contribution in [2.24, 2.45) is 0 Å². The Hall–Kier alpha value is -2.43. The number of carbonyl (C=O) groups is 1. The summed E-state index contributed by atoms with van der Waals surface area (Å²) < 4.78 is 10.9. The Bertz CT molecular complexity index is 837. The lowest BCUT2D eigenvalue weighted by atomic mass is 10.1. The maximum atomic E-state index is 11.6. The number of aliphatic hydroxyl groups is 1. The number of anilines is 2. The van der Waals surface area contributed by atoms with Gasteiger partial charge in [0.1, 0.15) is 0 Å². The van der Waals surface area contributed by atoms with Crippen molar-refractivity contribution in [3.8, 4) is 11.5 Å². The number of carbonyl (C=O) groups excluding carboxylic acids is 1. The Morgan fingerprint density at radius 1 is 1.25 bits per heavy atom. The van der Waals surface area contributed by atoms with Gasteiger partial charge < -0.3 is 24.8 Å². The molecule has 4 rings (SSSR count). The van der Waals surface area contributed by atoms with E-state index < -0.39 is 0 Å². The highest BCUT2D eigenvalue weighted by molar-refractivity contribution is 7.19. The number of hydrogen-bond acceptors (Lipinski definition) is 9. The Morgan fingerprint density at radius 2 is 2.04 bits per heavy atom. The molecule has 10 heteroatoms. The minimum Gasteiger partial charge on any atom is -0.454 e. The quantitative estimate of drug-likeness (QED) is 0.745. The summed E-state index contributed by atoms with van der Waals surface area (Å²) in [6.07, 6.45) is 0.0608. The lowest BCUT2D eigenvalue weighted by Crippen LogP contribution is -2.47. The second-order valence-electron chi connectivity index (χ2n) is 6.72. The summed E-state index contributed by atoms with van der Waals surface area (Å²) in [4.78, 5) is 16.2. The first-order valence-corrected chi connectivity index (χ1v) is 10.1. The van der Waals surface area contributed by atoms with Crippen molar-refractivity contribution in [3.63, 3.8) is 0 Å². The van der Waals surface area contributed by atoms with E-state index in [2.05, 4.69) is 44.4 Å². The van der Waals surface area contributed by atoms with Gasteiger partial charge in [-0.1, -0.05) is 17.4 Å². The first-order chi connectivity index (χ1) is 13.6. The molecule has 150 valence electrons. The maximum Gasteiger partial charge on any atom is 0.231 e. The van der Waals surface area contributed by atoms with Crippen LogP contribution in [-0.2, 0) is 4.79 Å². The number of benzene rings is 1. The van der Waals surface area contributed by atoms with Crippen LogP contribution >= 0.6 is 11.3 Å². The van der Waals surface area contributed by atoms with Gasteiger partial charge in [-0.2, -0.15) is 0 Å². The predicted octanol–water partition coefficient (Wildman–Crippen LogP) is 1.47. The zero-order valence-corrected chi connectivity index (χ0v) is 16.4. The molecule has 2 aliphatic rings. The molecule has 3 heterocycles. The summed E-state index contributed by atoms with van der Waals surface area (Å²) in [6, 6.07) is 6.40. The molecule has 0 spiro atoms. The fourth-order valence-corrected chi connectivity index (χ4v) is 4.17. The number of nitrogens with one attached hydrogen (secondary N) is 1. The van der Waals surface area contributed by atoms with Crippen LogP contribution in [0.4, 0.5) is 10.3 Å². The van der Waals surface area contributed by atoms with Crippen molar-refractivity contribution < 1.29 is 19.4 Å². The van der Waals surface area contributed by atoms with Crippen LogP contribution in [0.1, 0.15) is 24.9 Å². The number of hydrogen-bond donors (Lipinski definition) is 2. The third-order valence-corrected chi connectivity index (χ3v) is 5.91. The molecule has 1 amide bonds. The predicted molar refractivity (Wildman–Crippen MR) is 105 cm³/mol. The summed E-state index contributed by atoms with van der Waals surface area (Å²) in [6.45, 7) is 5.80. The van der Waals surface area contributed by atoms with E-state index in [4.69, 9.17) is 14.6 Å². The highest BCUT2D eigenvalue weighted by Gasteiger charge is 2.25. The van der Waals surface area contributed by atoms with E-state index in [1.807, 2.05) is 6.07 Å². The minimum atomic E-state index is -0.257. The topological polar surface area (TPSA) is 100 Å². The molecule has 1 saturated heterocycles. The highest BCUT2D eigenvalue weighted by Crippen LogP contribution is 2.35. The van der Waals surface area contributed by atoms with E-state index in [-0.39, 0.29) is 31.8 Å². The molecule has 0 saturated carbocycles. The number of ether oxygens (including phenoxy) is 2. The van der Waals surface area contributed by atoms with E-state index in [1.165, 1.54) is 16.9 Å². The minimum absolute atomic E-state index is 0.0608. The smallest absolute Gasteiger partial charge is 0.231 e. The number of fused-ring (bicyclic) bond motifs is 1. The first kappa shape index (κ1) is 18.9. The van der Waals surface area contributed by atoms with Gasteiger partial charge in [-0.05, 0) is 24.6 Å². The maximum absolute atomic E-state index is 11.6.